The van der Waals surface area contributed by atoms with E-state index in [2.05, 4.69) is 6.07 Å². The summed E-state index contributed by atoms with van der Waals surface area (Å²) in [5.74, 6) is 0. The van der Waals surface area contributed by atoms with E-state index in [0.717, 1.165) is 17.7 Å². The van der Waals surface area contributed by atoms with Gasteiger partial charge in [0.1, 0.15) is 6.10 Å². The van der Waals surface area contributed by atoms with Crippen LogP contribution in [0.5, 0.6) is 0 Å². The van der Waals surface area contributed by atoms with Gasteiger partial charge in [0.25, 0.3) is 0 Å². The van der Waals surface area contributed by atoms with E-state index in [-0.39, 0.29) is 0 Å². The van der Waals surface area contributed by atoms with Gasteiger partial charge >= 0.3 is 0 Å². The van der Waals surface area contributed by atoms with Crippen LogP contribution < -0.4 is 0 Å². The molecule has 1 N–H and O–H groups in total. The average Bonchev–Trinajstić information content (AvgIpc) is 2.92. The van der Waals surface area contributed by atoms with Crippen LogP contribution in [0.1, 0.15) is 33.4 Å². The van der Waals surface area contributed by atoms with Crippen molar-refractivity contribution in [3.63, 3.8) is 0 Å². The molecule has 94 valence electrons. The predicted octanol–water partition coefficient (Wildman–Crippen LogP) is 4.63. The highest BCUT2D eigenvalue weighted by atomic mass is 35.5. The van der Waals surface area contributed by atoms with Crippen LogP contribution in [0.2, 0.25) is 10.0 Å². The number of halogens is 2. The molecule has 1 aromatic heterocycles. The number of hydrogen-bond acceptors (Lipinski definition) is 2. The van der Waals surface area contributed by atoms with Crippen molar-refractivity contribution in [3.05, 3.63) is 55.2 Å². The number of aliphatic hydroxyl groups excluding tert-OH is 1. The molecule has 0 spiro atoms. The third-order valence-corrected chi connectivity index (χ3v) is 5.43. The molecular formula is C14H12Cl2OS. The Morgan fingerprint density at radius 2 is 2.06 bits per heavy atom. The van der Waals surface area contributed by atoms with Gasteiger partial charge in [-0.2, -0.15) is 0 Å². The van der Waals surface area contributed by atoms with E-state index in [1.165, 1.54) is 16.9 Å². The summed E-state index contributed by atoms with van der Waals surface area (Å²) < 4.78 is 0. The molecule has 0 amide bonds. The van der Waals surface area contributed by atoms with E-state index < -0.39 is 6.10 Å². The van der Waals surface area contributed by atoms with Crippen molar-refractivity contribution in [1.82, 2.24) is 0 Å². The smallest absolute Gasteiger partial charge is 0.115 e. The summed E-state index contributed by atoms with van der Waals surface area (Å²) in [6.45, 7) is 0. The predicted molar refractivity (Wildman–Crippen MR) is 76.9 cm³/mol. The van der Waals surface area contributed by atoms with Crippen molar-refractivity contribution >= 4 is 34.5 Å². The Morgan fingerprint density at radius 1 is 1.22 bits per heavy atom. The first kappa shape index (κ1) is 12.5. The molecule has 1 aliphatic carbocycles. The molecule has 4 heteroatoms. The minimum Gasteiger partial charge on any atom is -0.383 e. The van der Waals surface area contributed by atoms with Crippen LogP contribution in [0.3, 0.4) is 0 Å². The van der Waals surface area contributed by atoms with Gasteiger partial charge in [0.15, 0.2) is 0 Å². The zero-order valence-corrected chi connectivity index (χ0v) is 11.9. The molecule has 1 aromatic carbocycles. The van der Waals surface area contributed by atoms with Crippen LogP contribution in [-0.2, 0) is 12.8 Å². The molecule has 3 rings (SSSR count). The summed E-state index contributed by atoms with van der Waals surface area (Å²) in [5, 5.41) is 11.4. The maximum absolute atomic E-state index is 10.4. The van der Waals surface area contributed by atoms with E-state index in [9.17, 15) is 5.11 Å². The van der Waals surface area contributed by atoms with Gasteiger partial charge in [0.05, 0.1) is 10.0 Å². The molecule has 0 aliphatic heterocycles. The number of aryl methyl sites for hydroxylation is 2. The first-order valence-electron chi connectivity index (χ1n) is 5.90. The number of benzene rings is 1. The van der Waals surface area contributed by atoms with Gasteiger partial charge in [0.2, 0.25) is 0 Å². The summed E-state index contributed by atoms with van der Waals surface area (Å²) in [6.07, 6.45) is 2.82. The Kier molecular flexibility index (Phi) is 3.37. The zero-order chi connectivity index (χ0) is 12.7. The van der Waals surface area contributed by atoms with Crippen molar-refractivity contribution in [2.45, 2.75) is 25.4 Å². The molecular weight excluding hydrogens is 287 g/mol. The Labute approximate surface area is 120 Å². The molecule has 1 unspecified atom stereocenters. The van der Waals surface area contributed by atoms with Gasteiger partial charge in [-0.05, 0) is 37.0 Å². The van der Waals surface area contributed by atoms with Crippen molar-refractivity contribution in [1.29, 1.82) is 0 Å². The normalized spacial score (nSPS) is 15.7. The van der Waals surface area contributed by atoms with E-state index >= 15 is 0 Å². The fraction of sp³-hybridized carbons (Fsp3) is 0.286. The third kappa shape index (κ3) is 2.08. The van der Waals surface area contributed by atoms with Gasteiger partial charge in [-0.25, -0.2) is 0 Å². The van der Waals surface area contributed by atoms with Crippen LogP contribution in [0.4, 0.5) is 0 Å². The van der Waals surface area contributed by atoms with E-state index in [1.807, 2.05) is 12.1 Å². The SMILES string of the molecule is OC(c1cc2c(s1)CCC2)c1cccc(Cl)c1Cl. The average molecular weight is 299 g/mol. The topological polar surface area (TPSA) is 20.2 Å². The van der Waals surface area contributed by atoms with Crippen LogP contribution in [0.25, 0.3) is 0 Å². The maximum Gasteiger partial charge on any atom is 0.115 e. The number of fused-ring (bicyclic) bond motifs is 1. The molecule has 1 nitrogen and oxygen atoms in total. The van der Waals surface area contributed by atoms with Crippen molar-refractivity contribution in [2.75, 3.05) is 0 Å². The molecule has 2 aromatic rings. The second-order valence-electron chi connectivity index (χ2n) is 4.50. The van der Waals surface area contributed by atoms with Crippen molar-refractivity contribution in [2.24, 2.45) is 0 Å². The lowest BCUT2D eigenvalue weighted by Crippen LogP contribution is -1.98. The monoisotopic (exact) mass is 298 g/mol. The number of hydrogen-bond donors (Lipinski definition) is 1. The van der Waals surface area contributed by atoms with Gasteiger partial charge < -0.3 is 5.11 Å². The minimum atomic E-state index is -0.674. The summed E-state index contributed by atoms with van der Waals surface area (Å²) in [7, 11) is 0. The van der Waals surface area contributed by atoms with Gasteiger partial charge in [0, 0.05) is 15.3 Å². The van der Waals surface area contributed by atoms with Crippen LogP contribution in [-0.4, -0.2) is 5.11 Å². The fourth-order valence-corrected chi connectivity index (χ4v) is 4.05. The molecule has 0 radical (unpaired) electrons. The summed E-state index contributed by atoms with van der Waals surface area (Å²) in [6, 6.07) is 7.47. The summed E-state index contributed by atoms with van der Waals surface area (Å²) in [5.41, 5.74) is 2.07. The van der Waals surface area contributed by atoms with Crippen molar-refractivity contribution < 1.29 is 5.11 Å². The van der Waals surface area contributed by atoms with E-state index in [1.54, 1.807) is 17.4 Å². The number of rotatable bonds is 2. The quantitative estimate of drug-likeness (QED) is 0.857. The lowest BCUT2D eigenvalue weighted by atomic mass is 10.1. The standard InChI is InChI=1S/C14H12Cl2OS/c15-10-5-2-4-9(13(10)16)14(17)12-7-8-3-1-6-11(8)18-12/h2,4-5,7,14,17H,1,3,6H2. The first-order valence-corrected chi connectivity index (χ1v) is 7.47. The fourth-order valence-electron chi connectivity index (χ4n) is 2.37. The largest absolute Gasteiger partial charge is 0.383 e. The van der Waals surface area contributed by atoms with E-state index in [4.69, 9.17) is 23.2 Å². The Balaban J connectivity index is 1.98. The summed E-state index contributed by atoms with van der Waals surface area (Å²) in [4.78, 5) is 2.37. The number of aliphatic hydroxyl groups is 1. The zero-order valence-electron chi connectivity index (χ0n) is 9.62. The molecule has 0 fully saturated rings. The molecule has 0 saturated carbocycles. The molecule has 18 heavy (non-hydrogen) atoms. The highest BCUT2D eigenvalue weighted by Crippen LogP contribution is 2.39. The maximum atomic E-state index is 10.4. The lowest BCUT2D eigenvalue weighted by molar-refractivity contribution is 0.224. The molecule has 1 atom stereocenters. The summed E-state index contributed by atoms with van der Waals surface area (Å²) >= 11 is 13.8. The molecule has 1 aliphatic rings. The second kappa shape index (κ2) is 4.86. The highest BCUT2D eigenvalue weighted by Gasteiger charge is 2.21. The molecule has 0 saturated heterocycles. The Bertz CT molecular complexity index is 570. The van der Waals surface area contributed by atoms with Gasteiger partial charge in [-0.3, -0.25) is 0 Å². The first-order chi connectivity index (χ1) is 8.66. The van der Waals surface area contributed by atoms with Crippen LogP contribution in [0, 0.1) is 0 Å². The molecule has 1 heterocycles. The van der Waals surface area contributed by atoms with Crippen LogP contribution in [0.15, 0.2) is 24.3 Å². The third-order valence-electron chi connectivity index (χ3n) is 3.31. The Morgan fingerprint density at radius 3 is 2.83 bits per heavy atom. The van der Waals surface area contributed by atoms with Gasteiger partial charge in [-0.15, -0.1) is 11.3 Å². The second-order valence-corrected chi connectivity index (χ2v) is 6.45. The van der Waals surface area contributed by atoms with Crippen molar-refractivity contribution in [3.8, 4) is 0 Å². The van der Waals surface area contributed by atoms with Crippen LogP contribution >= 0.6 is 34.5 Å². The lowest BCUT2D eigenvalue weighted by Gasteiger charge is -2.11. The van der Waals surface area contributed by atoms with Gasteiger partial charge in [-0.1, -0.05) is 35.3 Å². The minimum absolute atomic E-state index is 0.445. The highest BCUT2D eigenvalue weighted by molar-refractivity contribution is 7.12. The Hall–Kier alpha value is -0.540. The number of thiophene rings is 1. The van der Waals surface area contributed by atoms with E-state index in [0.29, 0.717) is 15.6 Å². The molecule has 0 bridgehead atoms.